The molecular weight excluding hydrogens is 169 g/mol. The molecule has 2 N–H and O–H groups in total. The summed E-state index contributed by atoms with van der Waals surface area (Å²) in [7, 11) is 0. The van der Waals surface area contributed by atoms with E-state index in [1.165, 1.54) is 12.1 Å². The highest BCUT2D eigenvalue weighted by atomic mass is 19.1. The molecule has 0 radical (unpaired) electrons. The molecule has 1 aromatic rings. The third-order valence-corrected chi connectivity index (χ3v) is 1.82. The second-order valence-corrected chi connectivity index (χ2v) is 2.91. The standard InChI is InChI=1S/C10H14FNO/c1-8-6-10(11)3-2-9(8)7-13-5-4-12/h2-3,6H,4-5,7,12H2,1H3. The van der Waals surface area contributed by atoms with Crippen LogP contribution in [0.2, 0.25) is 0 Å². The van der Waals surface area contributed by atoms with Crippen LogP contribution in [0.25, 0.3) is 0 Å². The topological polar surface area (TPSA) is 35.2 Å². The highest BCUT2D eigenvalue weighted by Gasteiger charge is 1.99. The SMILES string of the molecule is Cc1cc(F)ccc1COCCN. The molecule has 0 aliphatic heterocycles. The summed E-state index contributed by atoms with van der Waals surface area (Å²) in [5.41, 5.74) is 7.19. The number of rotatable bonds is 4. The van der Waals surface area contributed by atoms with Crippen LogP contribution in [0.1, 0.15) is 11.1 Å². The Morgan fingerprint density at radius 2 is 2.23 bits per heavy atom. The molecule has 0 bridgehead atoms. The average molecular weight is 183 g/mol. The van der Waals surface area contributed by atoms with Crippen molar-refractivity contribution in [2.45, 2.75) is 13.5 Å². The monoisotopic (exact) mass is 183 g/mol. The van der Waals surface area contributed by atoms with Crippen molar-refractivity contribution in [3.63, 3.8) is 0 Å². The second kappa shape index (κ2) is 4.94. The van der Waals surface area contributed by atoms with Gasteiger partial charge in [0.2, 0.25) is 0 Å². The number of ether oxygens (including phenoxy) is 1. The molecule has 0 spiro atoms. The molecule has 0 heterocycles. The first kappa shape index (κ1) is 10.2. The Hall–Kier alpha value is -0.930. The van der Waals surface area contributed by atoms with E-state index in [0.29, 0.717) is 19.8 Å². The van der Waals surface area contributed by atoms with E-state index in [9.17, 15) is 4.39 Å². The molecule has 72 valence electrons. The number of hydrogen-bond donors (Lipinski definition) is 1. The van der Waals surface area contributed by atoms with Crippen molar-refractivity contribution in [1.82, 2.24) is 0 Å². The highest BCUT2D eigenvalue weighted by Crippen LogP contribution is 2.10. The summed E-state index contributed by atoms with van der Waals surface area (Å²) in [6, 6.07) is 4.68. The lowest BCUT2D eigenvalue weighted by Gasteiger charge is -2.05. The van der Waals surface area contributed by atoms with E-state index in [-0.39, 0.29) is 5.82 Å². The molecule has 0 fully saturated rings. The minimum Gasteiger partial charge on any atom is -0.375 e. The summed E-state index contributed by atoms with van der Waals surface area (Å²) in [5.74, 6) is -0.208. The highest BCUT2D eigenvalue weighted by molar-refractivity contribution is 5.25. The fraction of sp³-hybridized carbons (Fsp3) is 0.400. The molecular formula is C10H14FNO. The molecule has 1 aromatic carbocycles. The third kappa shape index (κ3) is 3.13. The molecule has 0 atom stereocenters. The molecule has 0 unspecified atom stereocenters. The fourth-order valence-corrected chi connectivity index (χ4v) is 1.09. The number of aryl methyl sites for hydroxylation is 1. The fourth-order valence-electron chi connectivity index (χ4n) is 1.09. The van der Waals surface area contributed by atoms with Crippen molar-refractivity contribution in [1.29, 1.82) is 0 Å². The Morgan fingerprint density at radius 3 is 2.85 bits per heavy atom. The van der Waals surface area contributed by atoms with Crippen LogP contribution in [0.15, 0.2) is 18.2 Å². The first-order chi connectivity index (χ1) is 6.24. The van der Waals surface area contributed by atoms with Crippen LogP contribution in [0.5, 0.6) is 0 Å². The maximum atomic E-state index is 12.7. The van der Waals surface area contributed by atoms with Crippen molar-refractivity contribution < 1.29 is 9.13 Å². The summed E-state index contributed by atoms with van der Waals surface area (Å²) >= 11 is 0. The molecule has 3 heteroatoms. The number of halogens is 1. The summed E-state index contributed by atoms with van der Waals surface area (Å²) in [5, 5.41) is 0. The van der Waals surface area contributed by atoms with Crippen molar-refractivity contribution in [3.05, 3.63) is 35.1 Å². The van der Waals surface area contributed by atoms with Gasteiger partial charge in [-0.15, -0.1) is 0 Å². The van der Waals surface area contributed by atoms with Gasteiger partial charge in [0.15, 0.2) is 0 Å². The maximum absolute atomic E-state index is 12.7. The van der Waals surface area contributed by atoms with Crippen LogP contribution in [-0.2, 0) is 11.3 Å². The predicted molar refractivity (Wildman–Crippen MR) is 49.8 cm³/mol. The van der Waals surface area contributed by atoms with E-state index in [1.54, 1.807) is 6.07 Å². The lowest BCUT2D eigenvalue weighted by atomic mass is 10.1. The van der Waals surface area contributed by atoms with Gasteiger partial charge in [0.25, 0.3) is 0 Å². The van der Waals surface area contributed by atoms with Crippen LogP contribution >= 0.6 is 0 Å². The minimum atomic E-state index is -0.208. The summed E-state index contributed by atoms with van der Waals surface area (Å²) in [6.45, 7) is 3.42. The first-order valence-electron chi connectivity index (χ1n) is 4.27. The van der Waals surface area contributed by atoms with Gasteiger partial charge in [0.1, 0.15) is 5.82 Å². The molecule has 0 aromatic heterocycles. The van der Waals surface area contributed by atoms with Crippen molar-refractivity contribution >= 4 is 0 Å². The minimum absolute atomic E-state index is 0.208. The zero-order valence-electron chi connectivity index (χ0n) is 7.72. The van der Waals surface area contributed by atoms with E-state index >= 15 is 0 Å². The Balaban J connectivity index is 2.56. The quantitative estimate of drug-likeness (QED) is 0.720. The second-order valence-electron chi connectivity index (χ2n) is 2.91. The third-order valence-electron chi connectivity index (χ3n) is 1.82. The molecule has 13 heavy (non-hydrogen) atoms. The van der Waals surface area contributed by atoms with Crippen LogP contribution in [-0.4, -0.2) is 13.2 Å². The lowest BCUT2D eigenvalue weighted by molar-refractivity contribution is 0.127. The normalized spacial score (nSPS) is 10.4. The Labute approximate surface area is 77.5 Å². The molecule has 0 aliphatic carbocycles. The predicted octanol–water partition coefficient (Wildman–Crippen LogP) is 1.61. The average Bonchev–Trinajstić information content (AvgIpc) is 2.09. The van der Waals surface area contributed by atoms with Gasteiger partial charge in [-0.05, 0) is 30.2 Å². The summed E-state index contributed by atoms with van der Waals surface area (Å²) in [6.07, 6.45) is 0. The van der Waals surface area contributed by atoms with Crippen molar-refractivity contribution in [2.24, 2.45) is 5.73 Å². The van der Waals surface area contributed by atoms with Gasteiger partial charge in [-0.1, -0.05) is 6.07 Å². The van der Waals surface area contributed by atoms with E-state index < -0.39 is 0 Å². The van der Waals surface area contributed by atoms with Crippen LogP contribution < -0.4 is 5.73 Å². The molecule has 0 saturated carbocycles. The van der Waals surface area contributed by atoms with Crippen LogP contribution in [0, 0.1) is 12.7 Å². The van der Waals surface area contributed by atoms with Crippen LogP contribution in [0.3, 0.4) is 0 Å². The smallest absolute Gasteiger partial charge is 0.123 e. The number of nitrogens with two attached hydrogens (primary N) is 1. The van der Waals surface area contributed by atoms with Gasteiger partial charge in [-0.2, -0.15) is 0 Å². The largest absolute Gasteiger partial charge is 0.375 e. The van der Waals surface area contributed by atoms with E-state index in [1.807, 2.05) is 6.92 Å². The summed E-state index contributed by atoms with van der Waals surface area (Å²) in [4.78, 5) is 0. The molecule has 2 nitrogen and oxygen atoms in total. The van der Waals surface area contributed by atoms with Crippen molar-refractivity contribution in [3.8, 4) is 0 Å². The molecule has 0 saturated heterocycles. The maximum Gasteiger partial charge on any atom is 0.123 e. The Kier molecular flexibility index (Phi) is 3.86. The lowest BCUT2D eigenvalue weighted by Crippen LogP contribution is -2.08. The van der Waals surface area contributed by atoms with Gasteiger partial charge in [-0.25, -0.2) is 4.39 Å². The van der Waals surface area contributed by atoms with Gasteiger partial charge in [-0.3, -0.25) is 0 Å². The van der Waals surface area contributed by atoms with E-state index in [4.69, 9.17) is 10.5 Å². The number of benzene rings is 1. The zero-order valence-corrected chi connectivity index (χ0v) is 7.72. The van der Waals surface area contributed by atoms with Gasteiger partial charge in [0.05, 0.1) is 13.2 Å². The van der Waals surface area contributed by atoms with E-state index in [0.717, 1.165) is 11.1 Å². The number of hydrogen-bond acceptors (Lipinski definition) is 2. The molecule has 1 rings (SSSR count). The van der Waals surface area contributed by atoms with Gasteiger partial charge >= 0.3 is 0 Å². The molecule has 0 amide bonds. The van der Waals surface area contributed by atoms with Crippen LogP contribution in [0.4, 0.5) is 4.39 Å². The van der Waals surface area contributed by atoms with Gasteiger partial charge < -0.3 is 10.5 Å². The van der Waals surface area contributed by atoms with Crippen molar-refractivity contribution in [2.75, 3.05) is 13.2 Å². The van der Waals surface area contributed by atoms with E-state index in [2.05, 4.69) is 0 Å². The van der Waals surface area contributed by atoms with Gasteiger partial charge in [0, 0.05) is 6.54 Å². The summed E-state index contributed by atoms with van der Waals surface area (Å²) < 4.78 is 17.9. The first-order valence-corrected chi connectivity index (χ1v) is 4.27. The Bertz CT molecular complexity index is 276. The zero-order chi connectivity index (χ0) is 9.68. The molecule has 0 aliphatic rings. The Morgan fingerprint density at radius 1 is 1.46 bits per heavy atom.